The van der Waals surface area contributed by atoms with E-state index in [2.05, 4.69) is 74.6 Å². The number of allylic oxidation sites excluding steroid dienone is 10. The number of unbranched alkanes of at least 4 members (excludes halogenated alkanes) is 16. The number of rotatable bonds is 37. The minimum absolute atomic E-state index is 0.210. The molecule has 1 rings (SSSR count). The van der Waals surface area contributed by atoms with Crippen molar-refractivity contribution < 1.29 is 49.0 Å². The highest BCUT2D eigenvalue weighted by molar-refractivity contribution is 5.70. The van der Waals surface area contributed by atoms with Crippen LogP contribution in [0.4, 0.5) is 0 Å². The van der Waals surface area contributed by atoms with Crippen molar-refractivity contribution >= 4 is 11.9 Å². The number of esters is 2. The first-order valence-electron chi connectivity index (χ1n) is 22.9. The quantitative estimate of drug-likeness (QED) is 0.0271. The molecule has 1 fully saturated rings. The molecule has 0 saturated carbocycles. The van der Waals surface area contributed by atoms with Crippen LogP contribution in [0.5, 0.6) is 0 Å². The second-order valence-electron chi connectivity index (χ2n) is 15.5. The third-order valence-electron chi connectivity index (χ3n) is 10.1. The molecule has 0 amide bonds. The van der Waals surface area contributed by atoms with Crippen molar-refractivity contribution in [1.29, 1.82) is 0 Å². The van der Waals surface area contributed by atoms with Gasteiger partial charge < -0.3 is 39.4 Å². The smallest absolute Gasteiger partial charge is 0.306 e. The van der Waals surface area contributed by atoms with E-state index in [0.29, 0.717) is 12.8 Å². The highest BCUT2D eigenvalue weighted by Crippen LogP contribution is 2.22. The van der Waals surface area contributed by atoms with E-state index in [0.717, 1.165) is 77.0 Å². The minimum atomic E-state index is -1.60. The molecule has 1 aliphatic heterocycles. The van der Waals surface area contributed by atoms with Gasteiger partial charge in [0.1, 0.15) is 31.0 Å². The molecule has 4 N–H and O–H groups in total. The van der Waals surface area contributed by atoms with E-state index in [9.17, 15) is 30.0 Å². The standard InChI is InChI=1S/C48H82O10/c1-3-5-7-9-11-13-15-17-19-20-21-22-23-25-26-28-30-32-34-36-43(50)55-39-41(40-56-48-47(54)46(53)45(52)42(38-49)58-48)57-44(51)37-35-33-31-29-27-24-18-16-14-12-10-8-6-4-2/h11,13,16-19,21-22,25-26,41-42,45-49,52-54H,3-10,12,14-15,20,23-24,27-40H2,1-2H3/b13-11+,18-16+,19-17+,22-21+,26-25+/t41-,42-,45+,46?,47?,48-/m0/s1. The van der Waals surface area contributed by atoms with Gasteiger partial charge in [0, 0.05) is 12.8 Å². The summed E-state index contributed by atoms with van der Waals surface area (Å²) in [6.45, 7) is 3.33. The molecule has 1 aliphatic rings. The van der Waals surface area contributed by atoms with Crippen LogP contribution in [0.2, 0.25) is 0 Å². The molecule has 0 aromatic rings. The fourth-order valence-corrected chi connectivity index (χ4v) is 6.46. The van der Waals surface area contributed by atoms with Crippen LogP contribution < -0.4 is 0 Å². The summed E-state index contributed by atoms with van der Waals surface area (Å²) < 4.78 is 22.1. The molecule has 6 atom stereocenters. The normalized spacial score (nSPS) is 20.7. The van der Waals surface area contributed by atoms with Gasteiger partial charge in [0.15, 0.2) is 12.4 Å². The average molecular weight is 819 g/mol. The van der Waals surface area contributed by atoms with Gasteiger partial charge in [-0.05, 0) is 83.5 Å². The lowest BCUT2D eigenvalue weighted by Gasteiger charge is -2.39. The van der Waals surface area contributed by atoms with Gasteiger partial charge in [-0.1, -0.05) is 139 Å². The zero-order valence-corrected chi connectivity index (χ0v) is 36.3. The fourth-order valence-electron chi connectivity index (χ4n) is 6.46. The Kier molecular flexibility index (Phi) is 35.5. The number of aliphatic hydroxyl groups is 4. The van der Waals surface area contributed by atoms with Crippen LogP contribution in [-0.4, -0.2) is 89.0 Å². The molecule has 0 spiro atoms. The first-order chi connectivity index (χ1) is 28.3. The average Bonchev–Trinajstić information content (AvgIpc) is 3.22. The van der Waals surface area contributed by atoms with Gasteiger partial charge in [-0.15, -0.1) is 0 Å². The monoisotopic (exact) mass is 819 g/mol. The van der Waals surface area contributed by atoms with Crippen LogP contribution in [0.3, 0.4) is 0 Å². The first kappa shape index (κ1) is 53.4. The highest BCUT2D eigenvalue weighted by Gasteiger charge is 2.44. The predicted octanol–water partition coefficient (Wildman–Crippen LogP) is 9.83. The molecule has 58 heavy (non-hydrogen) atoms. The summed E-state index contributed by atoms with van der Waals surface area (Å²) in [6.07, 6.45) is 39.3. The summed E-state index contributed by atoms with van der Waals surface area (Å²) in [4.78, 5) is 25.3. The van der Waals surface area contributed by atoms with Crippen molar-refractivity contribution in [3.63, 3.8) is 0 Å². The van der Waals surface area contributed by atoms with E-state index >= 15 is 0 Å². The van der Waals surface area contributed by atoms with E-state index in [1.807, 2.05) is 0 Å². The van der Waals surface area contributed by atoms with Crippen molar-refractivity contribution in [3.05, 3.63) is 60.8 Å². The van der Waals surface area contributed by atoms with Crippen molar-refractivity contribution in [2.24, 2.45) is 0 Å². The third-order valence-corrected chi connectivity index (χ3v) is 10.1. The predicted molar refractivity (Wildman–Crippen MR) is 233 cm³/mol. The molecule has 1 saturated heterocycles. The number of carbonyl (C=O) groups is 2. The molecule has 10 nitrogen and oxygen atoms in total. The summed E-state index contributed by atoms with van der Waals surface area (Å²) in [5, 5.41) is 40.1. The molecule has 334 valence electrons. The molecule has 0 bridgehead atoms. The largest absolute Gasteiger partial charge is 0.462 e. The molecule has 10 heteroatoms. The zero-order valence-electron chi connectivity index (χ0n) is 36.3. The minimum Gasteiger partial charge on any atom is -0.462 e. The number of ether oxygens (including phenoxy) is 4. The number of hydrogen-bond donors (Lipinski definition) is 4. The van der Waals surface area contributed by atoms with Crippen molar-refractivity contribution in [3.8, 4) is 0 Å². The van der Waals surface area contributed by atoms with Crippen molar-refractivity contribution in [1.82, 2.24) is 0 Å². The van der Waals surface area contributed by atoms with Crippen LogP contribution in [0, 0.1) is 0 Å². The number of aliphatic hydroxyl groups excluding tert-OH is 4. The summed E-state index contributed by atoms with van der Waals surface area (Å²) in [5.41, 5.74) is 0. The van der Waals surface area contributed by atoms with Crippen molar-refractivity contribution in [2.45, 2.75) is 211 Å². The molecule has 0 aromatic heterocycles. The molecule has 1 heterocycles. The lowest BCUT2D eigenvalue weighted by atomic mass is 9.99. The van der Waals surface area contributed by atoms with E-state index in [1.165, 1.54) is 57.8 Å². The maximum atomic E-state index is 12.8. The van der Waals surface area contributed by atoms with E-state index in [4.69, 9.17) is 18.9 Å². The molecular weight excluding hydrogens is 737 g/mol. The van der Waals surface area contributed by atoms with E-state index in [1.54, 1.807) is 0 Å². The Morgan fingerprint density at radius 2 is 0.966 bits per heavy atom. The number of hydrogen-bond acceptors (Lipinski definition) is 10. The third kappa shape index (κ3) is 29.6. The lowest BCUT2D eigenvalue weighted by Crippen LogP contribution is -2.59. The Balaban J connectivity index is 2.36. The van der Waals surface area contributed by atoms with Gasteiger partial charge in [0.05, 0.1) is 13.2 Å². The summed E-state index contributed by atoms with van der Waals surface area (Å²) in [7, 11) is 0. The Bertz CT molecular complexity index is 1130. The van der Waals surface area contributed by atoms with E-state index in [-0.39, 0.29) is 26.1 Å². The zero-order chi connectivity index (χ0) is 42.3. The van der Waals surface area contributed by atoms with Crippen LogP contribution in [0.15, 0.2) is 60.8 Å². The SMILES string of the molecule is CCCCC/C=C/C/C=C/C/C=C/C/C=C/CCCCCC(=O)OC[C@@H](CO[C@H]1O[C@@H](CO)[C@@H](O)C(O)C1O)OC(=O)CCCCCCC/C=C/CCCCCCC. The molecule has 0 aromatic carbocycles. The van der Waals surface area contributed by atoms with Gasteiger partial charge >= 0.3 is 11.9 Å². The second kappa shape index (κ2) is 38.6. The van der Waals surface area contributed by atoms with Crippen LogP contribution in [0.25, 0.3) is 0 Å². The lowest BCUT2D eigenvalue weighted by molar-refractivity contribution is -0.305. The topological polar surface area (TPSA) is 152 Å². The summed E-state index contributed by atoms with van der Waals surface area (Å²) in [6, 6.07) is 0. The Morgan fingerprint density at radius 1 is 0.534 bits per heavy atom. The maximum Gasteiger partial charge on any atom is 0.306 e. The Morgan fingerprint density at radius 3 is 1.52 bits per heavy atom. The van der Waals surface area contributed by atoms with Gasteiger partial charge in [-0.2, -0.15) is 0 Å². The van der Waals surface area contributed by atoms with E-state index < -0.39 is 55.4 Å². The van der Waals surface area contributed by atoms with Crippen LogP contribution >= 0.6 is 0 Å². The van der Waals surface area contributed by atoms with Gasteiger partial charge in [0.2, 0.25) is 0 Å². The molecule has 2 unspecified atom stereocenters. The van der Waals surface area contributed by atoms with Gasteiger partial charge in [0.25, 0.3) is 0 Å². The fraction of sp³-hybridized carbons (Fsp3) is 0.750. The molecule has 0 radical (unpaired) electrons. The first-order valence-corrected chi connectivity index (χ1v) is 22.9. The van der Waals surface area contributed by atoms with Crippen molar-refractivity contribution in [2.75, 3.05) is 19.8 Å². The Labute approximate surface area is 351 Å². The number of carbonyl (C=O) groups excluding carboxylic acids is 2. The Hall–Kier alpha value is -2.60. The maximum absolute atomic E-state index is 12.8. The molecular formula is C48H82O10. The highest BCUT2D eigenvalue weighted by atomic mass is 16.7. The van der Waals surface area contributed by atoms with Crippen LogP contribution in [-0.2, 0) is 28.5 Å². The second-order valence-corrected chi connectivity index (χ2v) is 15.5. The summed E-state index contributed by atoms with van der Waals surface area (Å²) >= 11 is 0. The van der Waals surface area contributed by atoms with Crippen LogP contribution in [0.1, 0.15) is 174 Å². The van der Waals surface area contributed by atoms with Gasteiger partial charge in [-0.25, -0.2) is 0 Å². The molecule has 0 aliphatic carbocycles. The van der Waals surface area contributed by atoms with Gasteiger partial charge in [-0.3, -0.25) is 9.59 Å². The summed E-state index contributed by atoms with van der Waals surface area (Å²) in [5.74, 6) is -0.856.